The van der Waals surface area contributed by atoms with Crippen molar-refractivity contribution in [1.82, 2.24) is 10.2 Å². The van der Waals surface area contributed by atoms with E-state index >= 15 is 0 Å². The van der Waals surface area contributed by atoms with Gasteiger partial charge in [-0.15, -0.1) is 0 Å². The summed E-state index contributed by atoms with van der Waals surface area (Å²) in [5, 5.41) is 12.4. The maximum atomic E-state index is 12.1. The lowest BCUT2D eigenvalue weighted by molar-refractivity contribution is -0.131. The predicted molar refractivity (Wildman–Crippen MR) is 73.9 cm³/mol. The van der Waals surface area contributed by atoms with Crippen LogP contribution in [0.25, 0.3) is 0 Å². The summed E-state index contributed by atoms with van der Waals surface area (Å²) in [5.41, 5.74) is 0.488. The standard InChI is InChI=1S/C15H23N3O2/c16-10-13-2-1-5-18(13)14(19)11-17-12-8-15(9-12)3-6-20-7-4-15/h12-13,17H,1-9,11H2/t13-/m0/s1. The Morgan fingerprint density at radius 2 is 2.15 bits per heavy atom. The van der Waals surface area contributed by atoms with Gasteiger partial charge in [0.1, 0.15) is 6.04 Å². The molecule has 20 heavy (non-hydrogen) atoms. The van der Waals surface area contributed by atoms with Crippen LogP contribution in [-0.2, 0) is 9.53 Å². The molecule has 1 saturated carbocycles. The SMILES string of the molecule is N#C[C@@H]1CCCN1C(=O)CNC1CC2(CCOCC2)C1. The van der Waals surface area contributed by atoms with Crippen molar-refractivity contribution in [3.8, 4) is 6.07 Å². The van der Waals surface area contributed by atoms with Crippen molar-refractivity contribution in [2.75, 3.05) is 26.3 Å². The zero-order valence-corrected chi connectivity index (χ0v) is 11.9. The lowest BCUT2D eigenvalue weighted by Crippen LogP contribution is -2.53. The highest BCUT2D eigenvalue weighted by molar-refractivity contribution is 5.79. The van der Waals surface area contributed by atoms with Crippen LogP contribution >= 0.6 is 0 Å². The fraction of sp³-hybridized carbons (Fsp3) is 0.867. The largest absolute Gasteiger partial charge is 0.381 e. The Bertz CT molecular complexity index is 404. The molecular weight excluding hydrogens is 254 g/mol. The highest BCUT2D eigenvalue weighted by Crippen LogP contribution is 2.48. The molecule has 2 heterocycles. The van der Waals surface area contributed by atoms with Crippen LogP contribution < -0.4 is 5.32 Å². The van der Waals surface area contributed by atoms with Gasteiger partial charge in [-0.2, -0.15) is 5.26 Å². The molecule has 0 aromatic heterocycles. The van der Waals surface area contributed by atoms with E-state index in [0.717, 1.165) is 32.6 Å². The van der Waals surface area contributed by atoms with E-state index in [1.807, 2.05) is 0 Å². The minimum atomic E-state index is -0.201. The number of nitriles is 1. The normalized spacial score (nSPS) is 29.1. The maximum Gasteiger partial charge on any atom is 0.237 e. The van der Waals surface area contributed by atoms with Crippen LogP contribution in [0.3, 0.4) is 0 Å². The first-order valence-electron chi connectivity index (χ1n) is 7.73. The fourth-order valence-electron chi connectivity index (χ4n) is 3.88. The molecule has 3 aliphatic rings. The molecule has 3 fully saturated rings. The Kier molecular flexibility index (Phi) is 3.95. The molecule has 0 bridgehead atoms. The summed E-state index contributed by atoms with van der Waals surface area (Å²) in [6.07, 6.45) is 6.46. The summed E-state index contributed by atoms with van der Waals surface area (Å²) in [6, 6.07) is 2.49. The molecule has 110 valence electrons. The Balaban J connectivity index is 1.40. The smallest absolute Gasteiger partial charge is 0.237 e. The first-order chi connectivity index (χ1) is 9.72. The molecule has 1 amide bonds. The summed E-state index contributed by atoms with van der Waals surface area (Å²) in [7, 11) is 0. The van der Waals surface area contributed by atoms with Gasteiger partial charge >= 0.3 is 0 Å². The Labute approximate surface area is 120 Å². The number of carbonyl (C=O) groups excluding carboxylic acids is 1. The topological polar surface area (TPSA) is 65.4 Å². The van der Waals surface area contributed by atoms with Gasteiger partial charge in [0.2, 0.25) is 5.91 Å². The Morgan fingerprint density at radius 3 is 2.85 bits per heavy atom. The van der Waals surface area contributed by atoms with Crippen molar-refractivity contribution >= 4 is 5.91 Å². The first kappa shape index (κ1) is 13.8. The quantitative estimate of drug-likeness (QED) is 0.837. The van der Waals surface area contributed by atoms with Crippen molar-refractivity contribution in [2.24, 2.45) is 5.41 Å². The zero-order valence-electron chi connectivity index (χ0n) is 11.9. The van der Waals surface area contributed by atoms with Gasteiger partial charge in [-0.25, -0.2) is 0 Å². The van der Waals surface area contributed by atoms with Gasteiger partial charge in [-0.3, -0.25) is 4.79 Å². The third kappa shape index (κ3) is 2.68. The van der Waals surface area contributed by atoms with Gasteiger partial charge in [-0.05, 0) is 43.9 Å². The van der Waals surface area contributed by atoms with Crippen molar-refractivity contribution in [1.29, 1.82) is 5.26 Å². The number of hydrogen-bond donors (Lipinski definition) is 1. The van der Waals surface area contributed by atoms with E-state index < -0.39 is 0 Å². The molecule has 0 unspecified atom stereocenters. The van der Waals surface area contributed by atoms with Crippen LogP contribution in [0.5, 0.6) is 0 Å². The molecule has 2 saturated heterocycles. The number of amides is 1. The number of likely N-dealkylation sites (tertiary alicyclic amines) is 1. The Hall–Kier alpha value is -1.12. The van der Waals surface area contributed by atoms with Crippen LogP contribution in [-0.4, -0.2) is 49.2 Å². The maximum absolute atomic E-state index is 12.1. The van der Waals surface area contributed by atoms with E-state index in [9.17, 15) is 4.79 Å². The first-order valence-corrected chi connectivity index (χ1v) is 7.73. The number of ether oxygens (including phenoxy) is 1. The van der Waals surface area contributed by atoms with E-state index in [4.69, 9.17) is 10.00 Å². The molecule has 0 aromatic rings. The monoisotopic (exact) mass is 277 g/mol. The van der Waals surface area contributed by atoms with Crippen LogP contribution in [0.4, 0.5) is 0 Å². The van der Waals surface area contributed by atoms with E-state index in [1.54, 1.807) is 4.90 Å². The van der Waals surface area contributed by atoms with Crippen LogP contribution in [0.2, 0.25) is 0 Å². The Morgan fingerprint density at radius 1 is 1.40 bits per heavy atom. The lowest BCUT2D eigenvalue weighted by Gasteiger charge is -2.50. The van der Waals surface area contributed by atoms with E-state index in [1.165, 1.54) is 25.7 Å². The highest BCUT2D eigenvalue weighted by Gasteiger charge is 2.44. The summed E-state index contributed by atoms with van der Waals surface area (Å²) in [6.45, 7) is 2.91. The molecule has 0 aromatic carbocycles. The van der Waals surface area contributed by atoms with E-state index in [2.05, 4.69) is 11.4 Å². The summed E-state index contributed by atoms with van der Waals surface area (Å²) >= 11 is 0. The van der Waals surface area contributed by atoms with E-state index in [0.29, 0.717) is 18.0 Å². The minimum absolute atomic E-state index is 0.0852. The lowest BCUT2D eigenvalue weighted by atomic mass is 9.61. The molecule has 0 radical (unpaired) electrons. The average molecular weight is 277 g/mol. The zero-order chi connectivity index (χ0) is 14.0. The number of nitrogens with one attached hydrogen (secondary N) is 1. The van der Waals surface area contributed by atoms with Crippen molar-refractivity contribution in [2.45, 2.75) is 50.6 Å². The van der Waals surface area contributed by atoms with Gasteiger partial charge in [0, 0.05) is 25.8 Å². The van der Waals surface area contributed by atoms with Crippen LogP contribution in [0.1, 0.15) is 38.5 Å². The number of nitrogens with zero attached hydrogens (tertiary/aromatic N) is 2. The van der Waals surface area contributed by atoms with Gasteiger partial charge in [0.15, 0.2) is 0 Å². The molecule has 1 atom stereocenters. The molecule has 3 rings (SSSR count). The molecule has 1 spiro atoms. The van der Waals surface area contributed by atoms with E-state index in [-0.39, 0.29) is 11.9 Å². The molecular formula is C15H23N3O2. The van der Waals surface area contributed by atoms with Gasteiger partial charge in [-0.1, -0.05) is 0 Å². The number of hydrogen-bond acceptors (Lipinski definition) is 4. The van der Waals surface area contributed by atoms with Crippen LogP contribution in [0.15, 0.2) is 0 Å². The third-order valence-electron chi connectivity index (χ3n) is 5.18. The fourth-order valence-corrected chi connectivity index (χ4v) is 3.88. The summed E-state index contributed by atoms with van der Waals surface area (Å²) < 4.78 is 5.41. The molecule has 1 aliphatic carbocycles. The van der Waals surface area contributed by atoms with Crippen molar-refractivity contribution in [3.05, 3.63) is 0 Å². The molecule has 2 aliphatic heterocycles. The van der Waals surface area contributed by atoms with Crippen LogP contribution in [0, 0.1) is 16.7 Å². The second kappa shape index (κ2) is 5.71. The molecule has 5 nitrogen and oxygen atoms in total. The number of rotatable bonds is 3. The average Bonchev–Trinajstić information content (AvgIpc) is 2.92. The summed E-state index contributed by atoms with van der Waals surface area (Å²) in [5.74, 6) is 0.0852. The minimum Gasteiger partial charge on any atom is -0.381 e. The molecule has 5 heteroatoms. The third-order valence-corrected chi connectivity index (χ3v) is 5.18. The second-order valence-corrected chi connectivity index (χ2v) is 6.47. The van der Waals surface area contributed by atoms with Gasteiger partial charge in [0.25, 0.3) is 0 Å². The number of carbonyl (C=O) groups is 1. The second-order valence-electron chi connectivity index (χ2n) is 6.47. The van der Waals surface area contributed by atoms with Crippen molar-refractivity contribution < 1.29 is 9.53 Å². The molecule has 1 N–H and O–H groups in total. The van der Waals surface area contributed by atoms with Gasteiger partial charge in [0.05, 0.1) is 12.6 Å². The van der Waals surface area contributed by atoms with Crippen molar-refractivity contribution in [3.63, 3.8) is 0 Å². The van der Waals surface area contributed by atoms with Gasteiger partial charge < -0.3 is 15.0 Å². The highest BCUT2D eigenvalue weighted by atomic mass is 16.5. The summed E-state index contributed by atoms with van der Waals surface area (Å²) in [4.78, 5) is 13.9. The predicted octanol–water partition coefficient (Wildman–Crippen LogP) is 1.05.